The number of carbonyl (C=O) groups is 3. The zero-order valence-electron chi connectivity index (χ0n) is 17.5. The Labute approximate surface area is 183 Å². The molecule has 0 radical (unpaired) electrons. The minimum absolute atomic E-state index is 0.0190. The number of piperidine rings is 1. The number of ketones is 1. The van der Waals surface area contributed by atoms with Crippen LogP contribution in [0.2, 0.25) is 0 Å². The monoisotopic (exact) mass is 434 g/mol. The summed E-state index contributed by atoms with van der Waals surface area (Å²) in [5.41, 5.74) is 1.19. The number of hydrogen-bond acceptors (Lipinski definition) is 6. The Hall–Kier alpha value is -3.75. The summed E-state index contributed by atoms with van der Waals surface area (Å²) in [6.07, 6.45) is 6.32. The molecule has 0 spiro atoms. The number of nitrogens with zero attached hydrogens (tertiary/aromatic N) is 4. The van der Waals surface area contributed by atoms with Crippen LogP contribution in [0.3, 0.4) is 0 Å². The van der Waals surface area contributed by atoms with Crippen LogP contribution < -0.4 is 4.74 Å². The van der Waals surface area contributed by atoms with Crippen molar-refractivity contribution in [3.63, 3.8) is 0 Å². The predicted molar refractivity (Wildman–Crippen MR) is 113 cm³/mol. The summed E-state index contributed by atoms with van der Waals surface area (Å²) in [6.45, 7) is 1.64. The summed E-state index contributed by atoms with van der Waals surface area (Å²) >= 11 is 0. The third-order valence-electron chi connectivity index (χ3n) is 6.20. The SMILES string of the molecule is CC(=O)c1cn(CC(=O)N2[C@@H]3C[C@@H]3C[C@H]2C(=O)O)c2ccc(OCc3ncccn3)cc12. The first-order valence-corrected chi connectivity index (χ1v) is 10.5. The van der Waals surface area contributed by atoms with E-state index in [-0.39, 0.29) is 30.9 Å². The van der Waals surface area contributed by atoms with Crippen LogP contribution in [0.4, 0.5) is 0 Å². The highest BCUT2D eigenvalue weighted by molar-refractivity contribution is 6.07. The molecule has 1 aromatic carbocycles. The highest BCUT2D eigenvalue weighted by Gasteiger charge is 2.56. The van der Waals surface area contributed by atoms with Gasteiger partial charge in [-0.25, -0.2) is 14.8 Å². The molecular weight excluding hydrogens is 412 g/mol. The number of benzene rings is 1. The van der Waals surface area contributed by atoms with Crippen LogP contribution in [0.25, 0.3) is 10.9 Å². The van der Waals surface area contributed by atoms with Crippen LogP contribution >= 0.6 is 0 Å². The van der Waals surface area contributed by atoms with E-state index >= 15 is 0 Å². The smallest absolute Gasteiger partial charge is 0.326 e. The second kappa shape index (κ2) is 7.74. The van der Waals surface area contributed by atoms with Gasteiger partial charge in [0.15, 0.2) is 11.6 Å². The summed E-state index contributed by atoms with van der Waals surface area (Å²) in [6, 6.07) is 6.32. The lowest BCUT2D eigenvalue weighted by molar-refractivity contribution is -0.149. The van der Waals surface area contributed by atoms with Crippen LogP contribution in [0.5, 0.6) is 5.75 Å². The van der Waals surface area contributed by atoms with Gasteiger partial charge in [0.05, 0.1) is 0 Å². The van der Waals surface area contributed by atoms with E-state index < -0.39 is 12.0 Å². The molecule has 1 saturated carbocycles. The van der Waals surface area contributed by atoms with Gasteiger partial charge in [-0.2, -0.15) is 0 Å². The first-order chi connectivity index (χ1) is 15.4. The zero-order chi connectivity index (χ0) is 22.4. The number of ether oxygens (including phenoxy) is 1. The van der Waals surface area contributed by atoms with Crippen LogP contribution in [0, 0.1) is 5.92 Å². The summed E-state index contributed by atoms with van der Waals surface area (Å²) in [4.78, 5) is 46.6. The average Bonchev–Trinajstić information content (AvgIpc) is 3.29. The second-order valence-corrected chi connectivity index (χ2v) is 8.31. The van der Waals surface area contributed by atoms with Crippen molar-refractivity contribution in [2.45, 2.75) is 45.0 Å². The van der Waals surface area contributed by atoms with Crippen LogP contribution in [0.15, 0.2) is 42.9 Å². The molecule has 3 heterocycles. The van der Waals surface area contributed by atoms with Crippen molar-refractivity contribution >= 4 is 28.6 Å². The van der Waals surface area contributed by atoms with Crippen LogP contribution in [-0.2, 0) is 22.7 Å². The standard InChI is InChI=1S/C23H22N4O5/c1-13(28)17-10-26(11-22(29)27-19-7-14(19)8-20(27)23(30)31)18-4-3-15(9-16(17)18)32-12-21-24-5-2-6-25-21/h2-6,9-10,14,19-20H,7-8,11-12H2,1H3,(H,30,31)/t14-,19-,20+/m1/s1. The Morgan fingerprint density at radius 1 is 1.19 bits per heavy atom. The molecule has 0 bridgehead atoms. The summed E-state index contributed by atoms with van der Waals surface area (Å²) in [7, 11) is 0. The minimum atomic E-state index is -0.962. The summed E-state index contributed by atoms with van der Waals surface area (Å²) < 4.78 is 7.50. The number of hydrogen-bond donors (Lipinski definition) is 1. The van der Waals surface area contributed by atoms with Gasteiger partial charge in [0.25, 0.3) is 0 Å². The molecule has 3 atom stereocenters. The molecule has 32 heavy (non-hydrogen) atoms. The molecule has 1 N–H and O–H groups in total. The third kappa shape index (κ3) is 3.59. The highest BCUT2D eigenvalue weighted by atomic mass is 16.5. The quantitative estimate of drug-likeness (QED) is 0.568. The topological polar surface area (TPSA) is 115 Å². The number of likely N-dealkylation sites (tertiary alicyclic amines) is 1. The van der Waals surface area contributed by atoms with E-state index in [1.165, 1.54) is 11.8 Å². The Kier molecular flexibility index (Phi) is 4.88. The maximum absolute atomic E-state index is 13.0. The summed E-state index contributed by atoms with van der Waals surface area (Å²) in [5.74, 6) is 0.0639. The molecule has 164 valence electrons. The largest absolute Gasteiger partial charge is 0.486 e. The fourth-order valence-electron chi connectivity index (χ4n) is 4.59. The van der Waals surface area contributed by atoms with E-state index in [4.69, 9.17) is 4.74 Å². The molecule has 1 aliphatic carbocycles. The molecule has 0 unspecified atom stereocenters. The predicted octanol–water partition coefficient (Wildman–Crippen LogP) is 2.29. The maximum Gasteiger partial charge on any atom is 0.326 e. The Morgan fingerprint density at radius 3 is 2.69 bits per heavy atom. The number of aliphatic carboxylic acids is 1. The lowest BCUT2D eigenvalue weighted by Gasteiger charge is -2.24. The van der Waals surface area contributed by atoms with Crippen molar-refractivity contribution in [3.8, 4) is 5.75 Å². The number of amides is 1. The van der Waals surface area contributed by atoms with E-state index in [2.05, 4.69) is 9.97 Å². The molecule has 5 rings (SSSR count). The highest BCUT2D eigenvalue weighted by Crippen LogP contribution is 2.48. The Bertz CT molecular complexity index is 1220. The van der Waals surface area contributed by atoms with Gasteiger partial charge in [0.1, 0.15) is 24.9 Å². The van der Waals surface area contributed by atoms with E-state index in [0.29, 0.717) is 40.4 Å². The number of carboxylic acid groups (broad SMARTS) is 1. The third-order valence-corrected chi connectivity index (χ3v) is 6.20. The molecule has 2 aliphatic rings. The van der Waals surface area contributed by atoms with Gasteiger partial charge >= 0.3 is 5.97 Å². The van der Waals surface area contributed by atoms with Crippen molar-refractivity contribution in [1.29, 1.82) is 0 Å². The van der Waals surface area contributed by atoms with Crippen molar-refractivity contribution < 1.29 is 24.2 Å². The van der Waals surface area contributed by atoms with Gasteiger partial charge in [-0.1, -0.05) is 0 Å². The second-order valence-electron chi connectivity index (χ2n) is 8.31. The molecule has 1 amide bonds. The lowest BCUT2D eigenvalue weighted by atomic mass is 10.1. The fourth-order valence-corrected chi connectivity index (χ4v) is 4.59. The molecule has 9 nitrogen and oxygen atoms in total. The first-order valence-electron chi connectivity index (χ1n) is 10.5. The molecule has 2 aromatic heterocycles. The number of fused-ring (bicyclic) bond motifs is 2. The molecule has 3 aromatic rings. The first kappa shape index (κ1) is 20.2. The van der Waals surface area contributed by atoms with Gasteiger partial charge in [0, 0.05) is 41.1 Å². The fraction of sp³-hybridized carbons (Fsp3) is 0.348. The number of carboxylic acids is 1. The van der Waals surface area contributed by atoms with Crippen LogP contribution in [-0.4, -0.2) is 54.3 Å². The Balaban J connectivity index is 1.40. The average molecular weight is 434 g/mol. The molecule has 9 heteroatoms. The van der Waals surface area contributed by atoms with E-state index in [0.717, 1.165) is 6.42 Å². The molecule has 1 saturated heterocycles. The van der Waals surface area contributed by atoms with Crippen molar-refractivity contribution in [3.05, 3.63) is 54.2 Å². The van der Waals surface area contributed by atoms with Gasteiger partial charge < -0.3 is 19.3 Å². The number of rotatable bonds is 7. The van der Waals surface area contributed by atoms with Gasteiger partial charge in [0.2, 0.25) is 5.91 Å². The minimum Gasteiger partial charge on any atom is -0.486 e. The van der Waals surface area contributed by atoms with E-state index in [9.17, 15) is 19.5 Å². The van der Waals surface area contributed by atoms with Gasteiger partial charge in [-0.3, -0.25) is 9.59 Å². The van der Waals surface area contributed by atoms with Gasteiger partial charge in [-0.05, 0) is 49.9 Å². The van der Waals surface area contributed by atoms with Gasteiger partial charge in [-0.15, -0.1) is 0 Å². The summed E-state index contributed by atoms with van der Waals surface area (Å²) in [5, 5.41) is 10.2. The van der Waals surface area contributed by atoms with Crippen molar-refractivity contribution in [2.75, 3.05) is 0 Å². The Morgan fingerprint density at radius 2 is 1.97 bits per heavy atom. The molecule has 2 fully saturated rings. The lowest BCUT2D eigenvalue weighted by Crippen LogP contribution is -2.44. The number of aromatic nitrogens is 3. The molecular formula is C23H22N4O5. The maximum atomic E-state index is 13.0. The zero-order valence-corrected chi connectivity index (χ0v) is 17.5. The van der Waals surface area contributed by atoms with E-state index in [1.807, 2.05) is 0 Å². The van der Waals surface area contributed by atoms with Crippen molar-refractivity contribution in [1.82, 2.24) is 19.4 Å². The van der Waals surface area contributed by atoms with Crippen molar-refractivity contribution in [2.24, 2.45) is 5.92 Å². The van der Waals surface area contributed by atoms with E-state index in [1.54, 1.807) is 47.4 Å². The molecule has 1 aliphatic heterocycles. The number of Topliss-reactive ketones (excluding diaryl/α,β-unsaturated/α-hetero) is 1. The normalized spacial score (nSPS) is 21.4. The van der Waals surface area contributed by atoms with Crippen LogP contribution in [0.1, 0.15) is 35.9 Å². The number of carbonyl (C=O) groups excluding carboxylic acids is 2.